The van der Waals surface area contributed by atoms with Gasteiger partial charge in [0.25, 0.3) is 0 Å². The fraction of sp³-hybridized carbons (Fsp3) is 0.348. The van der Waals surface area contributed by atoms with Crippen molar-refractivity contribution in [2.75, 3.05) is 0 Å². The van der Waals surface area contributed by atoms with E-state index in [-0.39, 0.29) is 0 Å². The van der Waals surface area contributed by atoms with Crippen LogP contribution >= 0.6 is 0 Å². The summed E-state index contributed by atoms with van der Waals surface area (Å²) in [5.41, 5.74) is 2.63. The Morgan fingerprint density at radius 1 is 0.963 bits per heavy atom. The van der Waals surface area contributed by atoms with E-state index in [4.69, 9.17) is 4.52 Å². The van der Waals surface area contributed by atoms with Gasteiger partial charge in [0, 0.05) is 30.3 Å². The average molecular weight is 360 g/mol. The lowest BCUT2D eigenvalue weighted by molar-refractivity contribution is -0.0595. The standard InChI is InChI=1S/C23H24N2O2/c26-23(19-8-6-18(7-9-19)22-12-13-24-27-22)14-20-10-11-21(15-23)25(20)16-17-4-2-1-3-5-17/h1-9,12-13,20-21,26H,10-11,14-16H2. The Labute approximate surface area is 159 Å². The van der Waals surface area contributed by atoms with Crippen LogP contribution < -0.4 is 0 Å². The molecule has 5 rings (SSSR count). The zero-order chi connectivity index (χ0) is 18.3. The second-order valence-corrected chi connectivity index (χ2v) is 7.94. The van der Waals surface area contributed by atoms with Gasteiger partial charge in [-0.25, -0.2) is 0 Å². The van der Waals surface area contributed by atoms with Gasteiger partial charge in [-0.15, -0.1) is 0 Å². The van der Waals surface area contributed by atoms with Crippen LogP contribution in [0.3, 0.4) is 0 Å². The Morgan fingerprint density at radius 3 is 2.30 bits per heavy atom. The minimum atomic E-state index is -0.737. The summed E-state index contributed by atoms with van der Waals surface area (Å²) in [4.78, 5) is 2.60. The minimum Gasteiger partial charge on any atom is -0.385 e. The molecule has 2 aliphatic rings. The first-order valence-electron chi connectivity index (χ1n) is 9.75. The van der Waals surface area contributed by atoms with Gasteiger partial charge in [0.1, 0.15) is 0 Å². The lowest BCUT2D eigenvalue weighted by Gasteiger charge is -2.44. The monoisotopic (exact) mass is 360 g/mol. The highest BCUT2D eigenvalue weighted by molar-refractivity contribution is 5.57. The number of piperidine rings is 1. The van der Waals surface area contributed by atoms with E-state index in [2.05, 4.69) is 40.4 Å². The summed E-state index contributed by atoms with van der Waals surface area (Å²) in [6.07, 6.45) is 5.61. The summed E-state index contributed by atoms with van der Waals surface area (Å²) in [7, 11) is 0. The molecule has 4 nitrogen and oxygen atoms in total. The molecule has 0 spiro atoms. The highest BCUT2D eigenvalue weighted by Gasteiger charge is 2.48. The molecular weight excluding hydrogens is 336 g/mol. The van der Waals surface area contributed by atoms with Crippen molar-refractivity contribution >= 4 is 0 Å². The van der Waals surface area contributed by atoms with Crippen molar-refractivity contribution in [2.45, 2.75) is 49.9 Å². The van der Waals surface area contributed by atoms with Crippen LogP contribution in [0.15, 0.2) is 71.4 Å². The molecule has 0 aliphatic carbocycles. The molecule has 2 aliphatic heterocycles. The molecule has 2 atom stereocenters. The van der Waals surface area contributed by atoms with Gasteiger partial charge in [-0.2, -0.15) is 0 Å². The lowest BCUT2D eigenvalue weighted by atomic mass is 9.80. The van der Waals surface area contributed by atoms with E-state index in [1.165, 1.54) is 18.4 Å². The quantitative estimate of drug-likeness (QED) is 0.751. The largest absolute Gasteiger partial charge is 0.385 e. The van der Waals surface area contributed by atoms with E-state index >= 15 is 0 Å². The predicted molar refractivity (Wildman–Crippen MR) is 104 cm³/mol. The molecule has 3 aromatic rings. The van der Waals surface area contributed by atoms with Gasteiger partial charge in [0.15, 0.2) is 5.76 Å². The van der Waals surface area contributed by atoms with Crippen molar-refractivity contribution in [3.05, 3.63) is 78.0 Å². The topological polar surface area (TPSA) is 49.5 Å². The zero-order valence-electron chi connectivity index (χ0n) is 15.3. The van der Waals surface area contributed by atoms with Crippen LogP contribution in [0.2, 0.25) is 0 Å². The van der Waals surface area contributed by atoms with Crippen LogP contribution in [0.25, 0.3) is 11.3 Å². The van der Waals surface area contributed by atoms with Crippen LogP contribution in [-0.2, 0) is 12.1 Å². The molecule has 27 heavy (non-hydrogen) atoms. The smallest absolute Gasteiger partial charge is 0.166 e. The molecule has 2 fully saturated rings. The third-order valence-electron chi connectivity index (χ3n) is 6.27. The Kier molecular flexibility index (Phi) is 4.10. The predicted octanol–water partition coefficient (Wildman–Crippen LogP) is 4.36. The molecule has 2 saturated heterocycles. The molecule has 2 unspecified atom stereocenters. The third kappa shape index (κ3) is 3.09. The van der Waals surface area contributed by atoms with E-state index in [0.717, 1.165) is 36.3 Å². The maximum absolute atomic E-state index is 11.5. The number of aliphatic hydroxyl groups is 1. The van der Waals surface area contributed by atoms with Crippen LogP contribution in [0.4, 0.5) is 0 Å². The molecule has 2 bridgehead atoms. The number of fused-ring (bicyclic) bond motifs is 2. The normalized spacial score (nSPS) is 27.7. The van der Waals surface area contributed by atoms with Gasteiger partial charge in [-0.1, -0.05) is 59.8 Å². The highest BCUT2D eigenvalue weighted by atomic mass is 16.5. The SMILES string of the molecule is OC1(c2ccc(-c3ccno3)cc2)CC2CCC(C1)N2Cc1ccccc1. The molecule has 138 valence electrons. The van der Waals surface area contributed by atoms with Crippen molar-refractivity contribution in [2.24, 2.45) is 0 Å². The van der Waals surface area contributed by atoms with Crippen LogP contribution in [0.5, 0.6) is 0 Å². The summed E-state index contributed by atoms with van der Waals surface area (Å²) in [6.45, 7) is 0.983. The lowest BCUT2D eigenvalue weighted by Crippen LogP contribution is -2.49. The highest BCUT2D eigenvalue weighted by Crippen LogP contribution is 2.46. The second-order valence-electron chi connectivity index (χ2n) is 7.94. The third-order valence-corrected chi connectivity index (χ3v) is 6.27. The van der Waals surface area contributed by atoms with Gasteiger partial charge in [0.05, 0.1) is 11.8 Å². The van der Waals surface area contributed by atoms with Gasteiger partial charge in [-0.3, -0.25) is 4.90 Å². The first kappa shape index (κ1) is 16.7. The first-order chi connectivity index (χ1) is 13.2. The van der Waals surface area contributed by atoms with Gasteiger partial charge >= 0.3 is 0 Å². The van der Waals surface area contributed by atoms with E-state index in [1.807, 2.05) is 30.3 Å². The van der Waals surface area contributed by atoms with Crippen LogP contribution in [0, 0.1) is 0 Å². The first-order valence-corrected chi connectivity index (χ1v) is 9.75. The maximum atomic E-state index is 11.5. The number of nitrogens with zero attached hydrogens (tertiary/aromatic N) is 2. The number of rotatable bonds is 4. The fourth-order valence-corrected chi connectivity index (χ4v) is 4.91. The summed E-state index contributed by atoms with van der Waals surface area (Å²) < 4.78 is 5.23. The molecule has 0 amide bonds. The van der Waals surface area contributed by atoms with Gasteiger partial charge < -0.3 is 9.63 Å². The molecule has 1 aromatic heterocycles. The average Bonchev–Trinajstić information content (AvgIpc) is 3.31. The molecule has 3 heterocycles. The molecule has 0 radical (unpaired) electrons. The fourth-order valence-electron chi connectivity index (χ4n) is 4.91. The van der Waals surface area contributed by atoms with E-state index in [1.54, 1.807) is 6.20 Å². The van der Waals surface area contributed by atoms with Gasteiger partial charge in [0.2, 0.25) is 0 Å². The van der Waals surface area contributed by atoms with Crippen molar-refractivity contribution in [3.63, 3.8) is 0 Å². The Hall–Kier alpha value is -2.43. The summed E-state index contributed by atoms with van der Waals surface area (Å²) >= 11 is 0. The van der Waals surface area contributed by atoms with Gasteiger partial charge in [-0.05, 0) is 36.8 Å². The Balaban J connectivity index is 1.35. The number of aromatic nitrogens is 1. The van der Waals surface area contributed by atoms with E-state index in [9.17, 15) is 5.11 Å². The number of benzene rings is 2. The summed E-state index contributed by atoms with van der Waals surface area (Å²) in [5.74, 6) is 0.756. The molecule has 1 N–H and O–H groups in total. The zero-order valence-corrected chi connectivity index (χ0v) is 15.3. The van der Waals surface area contributed by atoms with E-state index in [0.29, 0.717) is 12.1 Å². The van der Waals surface area contributed by atoms with Crippen molar-refractivity contribution in [3.8, 4) is 11.3 Å². The molecule has 4 heteroatoms. The van der Waals surface area contributed by atoms with E-state index < -0.39 is 5.60 Å². The number of hydrogen-bond donors (Lipinski definition) is 1. The van der Waals surface area contributed by atoms with Crippen molar-refractivity contribution < 1.29 is 9.63 Å². The Bertz CT molecular complexity index is 876. The molecular formula is C23H24N2O2. The van der Waals surface area contributed by atoms with Crippen molar-refractivity contribution in [1.82, 2.24) is 10.1 Å². The molecule has 2 aromatic carbocycles. The summed E-state index contributed by atoms with van der Waals surface area (Å²) in [6, 6.07) is 21.5. The Morgan fingerprint density at radius 2 is 1.67 bits per heavy atom. The van der Waals surface area contributed by atoms with Crippen LogP contribution in [0.1, 0.15) is 36.8 Å². The van der Waals surface area contributed by atoms with Crippen molar-refractivity contribution in [1.29, 1.82) is 0 Å². The maximum Gasteiger partial charge on any atom is 0.166 e. The molecule has 0 saturated carbocycles. The second kappa shape index (κ2) is 6.63. The summed E-state index contributed by atoms with van der Waals surface area (Å²) in [5, 5.41) is 15.2. The number of hydrogen-bond acceptors (Lipinski definition) is 4. The van der Waals surface area contributed by atoms with Crippen LogP contribution in [-0.4, -0.2) is 27.2 Å². The minimum absolute atomic E-state index is 0.447.